The first kappa shape index (κ1) is 36.1. The van der Waals surface area contributed by atoms with E-state index in [0.717, 1.165) is 28.7 Å². The molecule has 0 bridgehead atoms. The summed E-state index contributed by atoms with van der Waals surface area (Å²) in [6.07, 6.45) is 0.901. The first-order valence-electron chi connectivity index (χ1n) is 20.1. The van der Waals surface area contributed by atoms with E-state index in [9.17, 15) is 0 Å². The minimum Gasteiger partial charge on any atom is -0.208 e. The van der Waals surface area contributed by atoms with Gasteiger partial charge in [0.05, 0.1) is 0 Å². The smallest absolute Gasteiger partial charge is 0.164 e. The molecule has 0 saturated carbocycles. The molecule has 0 N–H and O–H groups in total. The highest BCUT2D eigenvalue weighted by Crippen LogP contribution is 2.51. The normalized spacial score (nSPS) is 12.8. The minimum atomic E-state index is -0.0358. The lowest BCUT2D eigenvalue weighted by Crippen LogP contribution is -2.14. The van der Waals surface area contributed by atoms with Crippen molar-refractivity contribution in [2.75, 3.05) is 0 Å². The van der Waals surface area contributed by atoms with Crippen molar-refractivity contribution in [3.8, 4) is 89.8 Å². The maximum absolute atomic E-state index is 4.94. The maximum Gasteiger partial charge on any atom is 0.164 e. The number of hydrogen-bond acceptors (Lipinski definition) is 3. The van der Waals surface area contributed by atoms with Crippen molar-refractivity contribution >= 4 is 0 Å². The Kier molecular flexibility index (Phi) is 8.76. The standard InChI is InChI=1S/C55H39N3.CH4/c1-55(2)50-25-10-9-20-46(50)47-31-30-41(33-51(47)55)43-22-13-24-45-44-23-12-21-42(48(44)34-49(43)45)40-19-11-18-39(32-40)35-26-28-38(29-27-35)54-57-52(36-14-5-3-6-15-36)56-53(58-54)37-16-7-4-8-17-37;/h3-33H,34H2,1-2H3;1H4. The van der Waals surface area contributed by atoms with Gasteiger partial charge < -0.3 is 0 Å². The first-order valence-corrected chi connectivity index (χ1v) is 20.1. The number of rotatable bonds is 6. The van der Waals surface area contributed by atoms with Gasteiger partial charge in [0.2, 0.25) is 0 Å². The summed E-state index contributed by atoms with van der Waals surface area (Å²) in [6, 6.07) is 67.4. The van der Waals surface area contributed by atoms with Gasteiger partial charge in [0.15, 0.2) is 17.5 Å². The molecule has 3 heteroatoms. The molecule has 9 aromatic rings. The molecule has 3 nitrogen and oxygen atoms in total. The molecule has 8 aromatic carbocycles. The van der Waals surface area contributed by atoms with Crippen LogP contribution in [0.2, 0.25) is 0 Å². The number of fused-ring (bicyclic) bond motifs is 6. The summed E-state index contributed by atoms with van der Waals surface area (Å²) in [7, 11) is 0. The van der Waals surface area contributed by atoms with Crippen molar-refractivity contribution in [1.82, 2.24) is 15.0 Å². The molecule has 0 fully saturated rings. The molecule has 1 heterocycles. The molecule has 0 amide bonds. The molecule has 11 rings (SSSR count). The predicted octanol–water partition coefficient (Wildman–Crippen LogP) is 14.4. The molecule has 0 saturated heterocycles. The van der Waals surface area contributed by atoms with Crippen molar-refractivity contribution in [3.05, 3.63) is 210 Å². The van der Waals surface area contributed by atoms with E-state index in [1.165, 1.54) is 72.3 Å². The Morgan fingerprint density at radius 2 is 0.729 bits per heavy atom. The van der Waals surface area contributed by atoms with Gasteiger partial charge in [-0.1, -0.05) is 197 Å². The third kappa shape index (κ3) is 6.09. The number of aromatic nitrogens is 3. The Balaban J connectivity index is 0.00000420. The monoisotopic (exact) mass is 757 g/mol. The Bertz CT molecular complexity index is 2980. The quantitative estimate of drug-likeness (QED) is 0.170. The molecule has 0 spiro atoms. The van der Waals surface area contributed by atoms with Crippen LogP contribution in [-0.4, -0.2) is 15.0 Å². The van der Waals surface area contributed by atoms with Gasteiger partial charge >= 0.3 is 0 Å². The Morgan fingerprint density at radius 3 is 1.34 bits per heavy atom. The highest BCUT2D eigenvalue weighted by molar-refractivity contribution is 5.91. The summed E-state index contributed by atoms with van der Waals surface area (Å²) in [5, 5.41) is 0. The highest BCUT2D eigenvalue weighted by atomic mass is 15.0. The number of nitrogens with zero attached hydrogens (tertiary/aromatic N) is 3. The Hall–Kier alpha value is -7.23. The van der Waals surface area contributed by atoms with Crippen LogP contribution in [-0.2, 0) is 11.8 Å². The zero-order valence-electron chi connectivity index (χ0n) is 32.4. The van der Waals surface area contributed by atoms with Gasteiger partial charge in [0.25, 0.3) is 0 Å². The summed E-state index contributed by atoms with van der Waals surface area (Å²) < 4.78 is 0. The SMILES string of the molecule is C.CC1(C)c2ccccc2-c2ccc(-c3cccc4c3Cc3c(-c5cccc(-c6ccc(-c7nc(-c8ccccc8)nc(-c8ccccc8)n7)cc6)c5)cccc3-4)cc21. The largest absolute Gasteiger partial charge is 0.208 e. The van der Waals surface area contributed by atoms with Crippen LogP contribution >= 0.6 is 0 Å². The minimum absolute atomic E-state index is 0. The zero-order chi connectivity index (χ0) is 38.8. The maximum atomic E-state index is 4.94. The van der Waals surface area contributed by atoms with Crippen molar-refractivity contribution in [1.29, 1.82) is 0 Å². The summed E-state index contributed by atoms with van der Waals surface area (Å²) in [5.74, 6) is 1.97. The van der Waals surface area contributed by atoms with E-state index >= 15 is 0 Å². The molecule has 2 aliphatic carbocycles. The van der Waals surface area contributed by atoms with Gasteiger partial charge in [-0.05, 0) is 96.4 Å². The first-order chi connectivity index (χ1) is 28.5. The second kappa shape index (κ2) is 14.3. The topological polar surface area (TPSA) is 38.7 Å². The van der Waals surface area contributed by atoms with E-state index < -0.39 is 0 Å². The van der Waals surface area contributed by atoms with Crippen LogP contribution in [0.15, 0.2) is 188 Å². The van der Waals surface area contributed by atoms with Crippen LogP contribution in [0.25, 0.3) is 89.8 Å². The Labute approximate surface area is 346 Å². The van der Waals surface area contributed by atoms with Gasteiger partial charge in [0, 0.05) is 22.1 Å². The molecule has 0 radical (unpaired) electrons. The van der Waals surface area contributed by atoms with Crippen LogP contribution in [0.3, 0.4) is 0 Å². The van der Waals surface area contributed by atoms with E-state index in [1.807, 2.05) is 60.7 Å². The van der Waals surface area contributed by atoms with Crippen LogP contribution in [0.1, 0.15) is 43.5 Å². The van der Waals surface area contributed by atoms with Gasteiger partial charge in [-0.2, -0.15) is 0 Å². The summed E-state index contributed by atoms with van der Waals surface area (Å²) in [6.45, 7) is 4.72. The lowest BCUT2D eigenvalue weighted by atomic mass is 9.81. The second-order valence-corrected chi connectivity index (χ2v) is 16.0. The lowest BCUT2D eigenvalue weighted by molar-refractivity contribution is 0.660. The summed E-state index contributed by atoms with van der Waals surface area (Å²) in [5.41, 5.74) is 21.3. The van der Waals surface area contributed by atoms with Crippen molar-refractivity contribution in [3.63, 3.8) is 0 Å². The van der Waals surface area contributed by atoms with Crippen molar-refractivity contribution < 1.29 is 0 Å². The molecule has 2 aliphatic rings. The van der Waals surface area contributed by atoms with Crippen molar-refractivity contribution in [2.24, 2.45) is 0 Å². The fourth-order valence-corrected chi connectivity index (χ4v) is 9.26. The van der Waals surface area contributed by atoms with E-state index in [0.29, 0.717) is 17.5 Å². The van der Waals surface area contributed by atoms with Gasteiger partial charge in [-0.15, -0.1) is 0 Å². The number of hydrogen-bond donors (Lipinski definition) is 0. The molecule has 1 aromatic heterocycles. The van der Waals surface area contributed by atoms with E-state index in [-0.39, 0.29) is 12.8 Å². The Morgan fingerprint density at radius 1 is 0.322 bits per heavy atom. The van der Waals surface area contributed by atoms with E-state index in [2.05, 4.69) is 141 Å². The average molecular weight is 758 g/mol. The average Bonchev–Trinajstić information content (AvgIpc) is 3.79. The van der Waals surface area contributed by atoms with Gasteiger partial charge in [-0.25, -0.2) is 15.0 Å². The van der Waals surface area contributed by atoms with Crippen LogP contribution in [0, 0.1) is 0 Å². The second-order valence-electron chi connectivity index (χ2n) is 16.0. The predicted molar refractivity (Wildman–Crippen MR) is 245 cm³/mol. The molecular formula is C56H43N3. The third-order valence-corrected chi connectivity index (χ3v) is 12.2. The van der Waals surface area contributed by atoms with E-state index in [4.69, 9.17) is 15.0 Å². The molecule has 59 heavy (non-hydrogen) atoms. The third-order valence-electron chi connectivity index (χ3n) is 12.2. The van der Waals surface area contributed by atoms with E-state index in [1.54, 1.807) is 0 Å². The number of benzene rings is 8. The molecular weight excluding hydrogens is 715 g/mol. The fourth-order valence-electron chi connectivity index (χ4n) is 9.26. The molecule has 0 aliphatic heterocycles. The molecule has 0 unspecified atom stereocenters. The summed E-state index contributed by atoms with van der Waals surface area (Å²) in [4.78, 5) is 14.7. The van der Waals surface area contributed by atoms with Gasteiger partial charge in [0.1, 0.15) is 0 Å². The summed E-state index contributed by atoms with van der Waals surface area (Å²) >= 11 is 0. The van der Waals surface area contributed by atoms with Crippen molar-refractivity contribution in [2.45, 2.75) is 33.1 Å². The molecule has 282 valence electrons. The molecule has 0 atom stereocenters. The zero-order valence-corrected chi connectivity index (χ0v) is 32.4. The van der Waals surface area contributed by atoms with Gasteiger partial charge in [-0.3, -0.25) is 0 Å². The fraction of sp³-hybridized carbons (Fsp3) is 0.0893. The lowest BCUT2D eigenvalue weighted by Gasteiger charge is -2.22. The highest BCUT2D eigenvalue weighted by Gasteiger charge is 2.35. The van der Waals surface area contributed by atoms with Crippen LogP contribution in [0.4, 0.5) is 0 Å². The van der Waals surface area contributed by atoms with Crippen LogP contribution < -0.4 is 0 Å². The van der Waals surface area contributed by atoms with Crippen LogP contribution in [0.5, 0.6) is 0 Å².